The van der Waals surface area contributed by atoms with E-state index in [1.54, 1.807) is 20.8 Å². The van der Waals surface area contributed by atoms with Crippen molar-refractivity contribution in [1.82, 2.24) is 14.7 Å². The first kappa shape index (κ1) is 15.8. The van der Waals surface area contributed by atoms with Crippen LogP contribution in [0.2, 0.25) is 0 Å². The fourth-order valence-corrected chi connectivity index (χ4v) is 2.63. The smallest absolute Gasteiger partial charge is 0.369 e. The van der Waals surface area contributed by atoms with Crippen LogP contribution in [0.15, 0.2) is 6.20 Å². The number of halogens is 3. The van der Waals surface area contributed by atoms with Crippen molar-refractivity contribution < 1.29 is 22.7 Å². The summed E-state index contributed by atoms with van der Waals surface area (Å²) in [6.45, 7) is 5.89. The molecule has 0 saturated carbocycles. The van der Waals surface area contributed by atoms with Crippen LogP contribution in [0.3, 0.4) is 0 Å². The van der Waals surface area contributed by atoms with Crippen LogP contribution in [0.5, 0.6) is 0 Å². The lowest BCUT2D eigenvalue weighted by Gasteiger charge is -2.41. The molecule has 0 spiro atoms. The Kier molecular flexibility index (Phi) is 3.77. The normalized spacial score (nSPS) is 22.4. The van der Waals surface area contributed by atoms with Gasteiger partial charge < -0.3 is 9.64 Å². The van der Waals surface area contributed by atoms with Crippen molar-refractivity contribution in [2.24, 2.45) is 7.05 Å². The summed E-state index contributed by atoms with van der Waals surface area (Å²) in [7, 11) is 1.36. The Hall–Kier alpha value is -1.57. The fraction of sp³-hybridized carbons (Fsp3) is 0.692. The third-order valence-electron chi connectivity index (χ3n) is 3.18. The van der Waals surface area contributed by atoms with Crippen LogP contribution < -0.4 is 0 Å². The molecule has 8 heteroatoms. The van der Waals surface area contributed by atoms with Gasteiger partial charge in [-0.25, -0.2) is 0 Å². The van der Waals surface area contributed by atoms with Crippen LogP contribution in [0.4, 0.5) is 13.2 Å². The molecule has 1 amide bonds. The van der Waals surface area contributed by atoms with Crippen molar-refractivity contribution in [1.29, 1.82) is 0 Å². The second-order valence-electron chi connectivity index (χ2n) is 5.94. The molecular formula is C13H18F3N3O2. The molecule has 1 aliphatic rings. The van der Waals surface area contributed by atoms with Crippen molar-refractivity contribution >= 4 is 5.91 Å². The highest BCUT2D eigenvalue weighted by atomic mass is 19.4. The van der Waals surface area contributed by atoms with Gasteiger partial charge in [-0.05, 0) is 20.8 Å². The van der Waals surface area contributed by atoms with E-state index in [0.717, 1.165) is 10.9 Å². The number of hydrogen-bond acceptors (Lipinski definition) is 3. The maximum Gasteiger partial charge on any atom is 0.435 e. The van der Waals surface area contributed by atoms with Crippen molar-refractivity contribution in [2.45, 2.75) is 38.7 Å². The average Bonchev–Trinajstić information content (AvgIpc) is 2.67. The number of aryl methyl sites for hydroxylation is 1. The molecule has 2 rings (SSSR count). The molecule has 1 unspecified atom stereocenters. The second-order valence-corrected chi connectivity index (χ2v) is 5.94. The highest BCUT2D eigenvalue weighted by molar-refractivity contribution is 5.95. The minimum absolute atomic E-state index is 0.233. The van der Waals surface area contributed by atoms with E-state index in [9.17, 15) is 18.0 Å². The molecule has 0 radical (unpaired) electrons. The maximum atomic E-state index is 12.9. The third-order valence-corrected chi connectivity index (χ3v) is 3.18. The van der Waals surface area contributed by atoms with Gasteiger partial charge in [0.15, 0.2) is 5.69 Å². The zero-order chi connectivity index (χ0) is 16.0. The molecule has 0 aliphatic carbocycles. The second kappa shape index (κ2) is 5.01. The Bertz CT molecular complexity index is 551. The number of rotatable bonds is 1. The fourth-order valence-electron chi connectivity index (χ4n) is 2.63. The maximum absolute atomic E-state index is 12.9. The molecule has 0 aromatic carbocycles. The van der Waals surface area contributed by atoms with Gasteiger partial charge in [0.05, 0.1) is 17.3 Å². The van der Waals surface area contributed by atoms with E-state index < -0.39 is 28.9 Å². The van der Waals surface area contributed by atoms with Gasteiger partial charge in [0.1, 0.15) is 0 Å². The molecule has 21 heavy (non-hydrogen) atoms. The van der Waals surface area contributed by atoms with Crippen molar-refractivity contribution in [3.8, 4) is 0 Å². The topological polar surface area (TPSA) is 47.4 Å². The Labute approximate surface area is 120 Å². The number of nitrogens with zero attached hydrogens (tertiary/aromatic N) is 3. The van der Waals surface area contributed by atoms with Crippen LogP contribution in [0.25, 0.3) is 0 Å². The molecular weight excluding hydrogens is 287 g/mol. The van der Waals surface area contributed by atoms with Crippen LogP contribution in [0, 0.1) is 0 Å². The average molecular weight is 305 g/mol. The summed E-state index contributed by atoms with van der Waals surface area (Å²) in [6, 6.07) is 0. The number of hydrogen-bond donors (Lipinski definition) is 0. The molecule has 1 aliphatic heterocycles. The van der Waals surface area contributed by atoms with E-state index in [1.807, 2.05) is 0 Å². The SMILES string of the molecule is CC1CN(C(=O)c2cn(C)nc2C(F)(F)F)CC(C)(C)O1. The number of carbonyl (C=O) groups excluding carboxylic acids is 1. The van der Waals surface area contributed by atoms with E-state index in [0.29, 0.717) is 0 Å². The summed E-state index contributed by atoms with van der Waals surface area (Å²) >= 11 is 0. The summed E-state index contributed by atoms with van der Waals surface area (Å²) in [5.74, 6) is -0.668. The molecule has 1 saturated heterocycles. The molecule has 1 aromatic heterocycles. The van der Waals surface area contributed by atoms with E-state index in [-0.39, 0.29) is 19.2 Å². The number of morpholine rings is 1. The molecule has 1 atom stereocenters. The first-order chi connectivity index (χ1) is 9.49. The van der Waals surface area contributed by atoms with Crippen LogP contribution in [-0.4, -0.2) is 45.4 Å². The van der Waals surface area contributed by atoms with E-state index in [4.69, 9.17) is 4.74 Å². The van der Waals surface area contributed by atoms with Crippen molar-refractivity contribution in [3.05, 3.63) is 17.5 Å². The lowest BCUT2D eigenvalue weighted by molar-refractivity contribution is -0.142. The number of ether oxygens (including phenoxy) is 1. The van der Waals surface area contributed by atoms with Gasteiger partial charge in [-0.2, -0.15) is 18.3 Å². The minimum atomic E-state index is -4.65. The van der Waals surface area contributed by atoms with Crippen LogP contribution >= 0.6 is 0 Å². The monoisotopic (exact) mass is 305 g/mol. The van der Waals surface area contributed by atoms with Crippen LogP contribution in [0.1, 0.15) is 36.8 Å². The van der Waals surface area contributed by atoms with Gasteiger partial charge >= 0.3 is 6.18 Å². The zero-order valence-corrected chi connectivity index (χ0v) is 12.4. The Balaban J connectivity index is 2.32. The Morgan fingerprint density at radius 2 is 2.10 bits per heavy atom. The lowest BCUT2D eigenvalue weighted by atomic mass is 10.0. The summed E-state index contributed by atoms with van der Waals surface area (Å²) < 4.78 is 45.5. The highest BCUT2D eigenvalue weighted by Gasteiger charge is 2.41. The lowest BCUT2D eigenvalue weighted by Crippen LogP contribution is -2.53. The first-order valence-electron chi connectivity index (χ1n) is 6.57. The predicted molar refractivity (Wildman–Crippen MR) is 68.7 cm³/mol. The number of aromatic nitrogens is 2. The number of amides is 1. The van der Waals surface area contributed by atoms with Gasteiger partial charge in [-0.1, -0.05) is 0 Å². The molecule has 118 valence electrons. The minimum Gasteiger partial charge on any atom is -0.369 e. The van der Waals surface area contributed by atoms with E-state index >= 15 is 0 Å². The largest absolute Gasteiger partial charge is 0.435 e. The summed E-state index contributed by atoms with van der Waals surface area (Å²) in [5, 5.41) is 3.37. The molecule has 5 nitrogen and oxygen atoms in total. The zero-order valence-electron chi connectivity index (χ0n) is 12.4. The number of alkyl halides is 3. The molecule has 0 bridgehead atoms. The van der Waals surface area contributed by atoms with E-state index in [1.165, 1.54) is 11.9 Å². The van der Waals surface area contributed by atoms with E-state index in [2.05, 4.69) is 5.10 Å². The van der Waals surface area contributed by atoms with Gasteiger partial charge in [0, 0.05) is 26.3 Å². The Morgan fingerprint density at radius 1 is 1.48 bits per heavy atom. The van der Waals surface area contributed by atoms with Gasteiger partial charge in [0.25, 0.3) is 5.91 Å². The van der Waals surface area contributed by atoms with Crippen molar-refractivity contribution in [3.63, 3.8) is 0 Å². The standard InChI is InChI=1S/C13H18F3N3O2/c1-8-5-19(7-12(2,3)21-8)11(20)9-6-18(4)17-10(9)13(14,15)16/h6,8H,5,7H2,1-4H3. The summed E-state index contributed by atoms with van der Waals surface area (Å²) in [6.07, 6.45) is -3.78. The Morgan fingerprint density at radius 3 is 2.62 bits per heavy atom. The first-order valence-corrected chi connectivity index (χ1v) is 6.57. The number of carbonyl (C=O) groups is 1. The third kappa shape index (κ3) is 3.37. The van der Waals surface area contributed by atoms with Gasteiger partial charge in [0.2, 0.25) is 0 Å². The summed E-state index contributed by atoms with van der Waals surface area (Å²) in [4.78, 5) is 13.8. The molecule has 1 fully saturated rings. The van der Waals surface area contributed by atoms with Gasteiger partial charge in [-0.15, -0.1) is 0 Å². The quantitative estimate of drug-likeness (QED) is 0.798. The molecule has 1 aromatic rings. The highest BCUT2D eigenvalue weighted by Crippen LogP contribution is 2.32. The van der Waals surface area contributed by atoms with Crippen LogP contribution in [-0.2, 0) is 18.0 Å². The summed E-state index contributed by atoms with van der Waals surface area (Å²) in [5.41, 5.74) is -2.16. The molecule has 2 heterocycles. The predicted octanol–water partition coefficient (Wildman–Crippen LogP) is 2.08. The molecule has 0 N–H and O–H groups in total. The van der Waals surface area contributed by atoms with Crippen molar-refractivity contribution in [2.75, 3.05) is 13.1 Å². The van der Waals surface area contributed by atoms with Gasteiger partial charge in [-0.3, -0.25) is 9.48 Å².